The van der Waals surface area contributed by atoms with Gasteiger partial charge in [0.05, 0.1) is 26.7 Å². The Bertz CT molecular complexity index is 1100. The van der Waals surface area contributed by atoms with Gasteiger partial charge in [0.25, 0.3) is 0 Å². The zero-order valence-corrected chi connectivity index (χ0v) is 18.8. The molecule has 0 aliphatic carbocycles. The maximum atomic E-state index is 12.5. The molecule has 2 unspecified atom stereocenters. The summed E-state index contributed by atoms with van der Waals surface area (Å²) in [6.07, 6.45) is 1.20. The topological polar surface area (TPSA) is 74.2 Å². The van der Waals surface area contributed by atoms with Crippen molar-refractivity contribution in [1.82, 2.24) is 0 Å². The number of phenols is 1. The maximum Gasteiger partial charge on any atom is 0.309 e. The molecule has 1 saturated heterocycles. The molecule has 1 fully saturated rings. The van der Waals surface area contributed by atoms with Gasteiger partial charge in [0, 0.05) is 5.92 Å². The first-order valence-electron chi connectivity index (χ1n) is 10.9. The van der Waals surface area contributed by atoms with Gasteiger partial charge in [-0.3, -0.25) is 4.79 Å². The average molecular weight is 449 g/mol. The second kappa shape index (κ2) is 10.3. The Morgan fingerprint density at radius 3 is 2.30 bits per heavy atom. The molecule has 4 rings (SSSR count). The van der Waals surface area contributed by atoms with Crippen LogP contribution in [0.1, 0.15) is 16.7 Å². The van der Waals surface area contributed by atoms with Crippen LogP contribution in [0.15, 0.2) is 66.7 Å². The highest BCUT2D eigenvalue weighted by Crippen LogP contribution is 2.35. The van der Waals surface area contributed by atoms with E-state index in [-0.39, 0.29) is 23.6 Å². The molecule has 6 heteroatoms. The second-order valence-electron chi connectivity index (χ2n) is 8.17. The summed E-state index contributed by atoms with van der Waals surface area (Å²) in [4.78, 5) is 12.5. The number of rotatable bonds is 9. The Labute approximate surface area is 193 Å². The Morgan fingerprint density at radius 1 is 0.848 bits per heavy atom. The molecule has 172 valence electrons. The van der Waals surface area contributed by atoms with Crippen molar-refractivity contribution < 1.29 is 28.8 Å². The number of ether oxygens (including phenoxy) is 4. The lowest BCUT2D eigenvalue weighted by Gasteiger charge is -2.17. The number of phenolic OH excluding ortho intramolecular Hbond substituents is 1. The first kappa shape index (κ1) is 22.5. The highest BCUT2D eigenvalue weighted by Gasteiger charge is 2.37. The molecule has 1 aliphatic heterocycles. The van der Waals surface area contributed by atoms with Crippen molar-refractivity contribution in [1.29, 1.82) is 0 Å². The molecule has 1 heterocycles. The van der Waals surface area contributed by atoms with Crippen LogP contribution in [-0.4, -0.2) is 31.9 Å². The summed E-state index contributed by atoms with van der Waals surface area (Å²) in [6.45, 7) is 0.821. The van der Waals surface area contributed by atoms with Crippen LogP contribution < -0.4 is 14.2 Å². The second-order valence-corrected chi connectivity index (χ2v) is 8.17. The van der Waals surface area contributed by atoms with Crippen LogP contribution in [0, 0.1) is 11.8 Å². The van der Waals surface area contributed by atoms with E-state index in [4.69, 9.17) is 18.9 Å². The molecule has 0 bridgehead atoms. The van der Waals surface area contributed by atoms with Crippen molar-refractivity contribution in [3.8, 4) is 23.0 Å². The number of methoxy groups -OCH3 is 2. The third-order valence-electron chi connectivity index (χ3n) is 5.97. The standard InChI is InChI=1S/C27H28O6/c1-30-24-11-9-19(15-26(24)32-16-18-6-4-3-5-7-18)12-21-17-33-27(29)22(21)13-20-8-10-23(28)25(14-20)31-2/h3-11,14-15,21-22,28H,12-13,16-17H2,1-2H3. The summed E-state index contributed by atoms with van der Waals surface area (Å²) in [6, 6.07) is 21.0. The summed E-state index contributed by atoms with van der Waals surface area (Å²) >= 11 is 0. The maximum absolute atomic E-state index is 12.5. The first-order chi connectivity index (χ1) is 16.1. The molecular weight excluding hydrogens is 420 g/mol. The van der Waals surface area contributed by atoms with E-state index in [1.165, 1.54) is 7.11 Å². The minimum absolute atomic E-state index is 0.0349. The van der Waals surface area contributed by atoms with Crippen LogP contribution >= 0.6 is 0 Å². The lowest BCUT2D eigenvalue weighted by Crippen LogP contribution is -2.20. The van der Waals surface area contributed by atoms with Crippen molar-refractivity contribution >= 4 is 5.97 Å². The molecule has 6 nitrogen and oxygen atoms in total. The Morgan fingerprint density at radius 2 is 1.55 bits per heavy atom. The monoisotopic (exact) mass is 448 g/mol. The third-order valence-corrected chi connectivity index (χ3v) is 5.97. The Kier molecular flexibility index (Phi) is 7.03. The molecule has 0 spiro atoms. The number of carbonyl (C=O) groups excluding carboxylic acids is 1. The number of carbonyl (C=O) groups is 1. The minimum Gasteiger partial charge on any atom is -0.504 e. The highest BCUT2D eigenvalue weighted by molar-refractivity contribution is 5.75. The van der Waals surface area contributed by atoms with Gasteiger partial charge in [-0.2, -0.15) is 0 Å². The molecule has 1 N–H and O–H groups in total. The molecule has 33 heavy (non-hydrogen) atoms. The van der Waals surface area contributed by atoms with Crippen molar-refractivity contribution in [2.45, 2.75) is 19.4 Å². The van der Waals surface area contributed by atoms with Gasteiger partial charge in [-0.25, -0.2) is 0 Å². The van der Waals surface area contributed by atoms with Crippen molar-refractivity contribution in [2.24, 2.45) is 11.8 Å². The number of esters is 1. The van der Waals surface area contributed by atoms with Crippen LogP contribution in [-0.2, 0) is 29.0 Å². The summed E-state index contributed by atoms with van der Waals surface area (Å²) in [5, 5.41) is 9.84. The van der Waals surface area contributed by atoms with E-state index < -0.39 is 0 Å². The fourth-order valence-corrected chi connectivity index (χ4v) is 4.16. The predicted molar refractivity (Wildman–Crippen MR) is 124 cm³/mol. The highest BCUT2D eigenvalue weighted by atomic mass is 16.5. The van der Waals surface area contributed by atoms with Gasteiger partial charge in [0.1, 0.15) is 6.61 Å². The van der Waals surface area contributed by atoms with E-state index in [1.807, 2.05) is 54.6 Å². The molecule has 0 radical (unpaired) electrons. The molecule has 0 amide bonds. The lowest BCUT2D eigenvalue weighted by molar-refractivity contribution is -0.141. The zero-order valence-electron chi connectivity index (χ0n) is 18.8. The predicted octanol–water partition coefficient (Wildman–Crippen LogP) is 4.56. The number of cyclic esters (lactones) is 1. The molecule has 0 saturated carbocycles. The third kappa shape index (κ3) is 5.40. The van der Waals surface area contributed by atoms with E-state index in [0.29, 0.717) is 43.3 Å². The number of hydrogen-bond acceptors (Lipinski definition) is 6. The van der Waals surface area contributed by atoms with Crippen molar-refractivity contribution in [3.05, 3.63) is 83.4 Å². The van der Waals surface area contributed by atoms with Gasteiger partial charge < -0.3 is 24.1 Å². The molecule has 3 aromatic rings. The first-order valence-corrected chi connectivity index (χ1v) is 10.9. The normalized spacial score (nSPS) is 17.5. The zero-order chi connectivity index (χ0) is 23.2. The molecule has 2 atom stereocenters. The van der Waals surface area contributed by atoms with Crippen molar-refractivity contribution in [3.63, 3.8) is 0 Å². The Hall–Kier alpha value is -3.67. The molecule has 3 aromatic carbocycles. The lowest BCUT2D eigenvalue weighted by atomic mass is 9.85. The van der Waals surface area contributed by atoms with E-state index in [0.717, 1.165) is 16.7 Å². The fourth-order valence-electron chi connectivity index (χ4n) is 4.16. The van der Waals surface area contributed by atoms with E-state index in [1.54, 1.807) is 19.2 Å². The summed E-state index contributed by atoms with van der Waals surface area (Å²) in [7, 11) is 3.13. The average Bonchev–Trinajstić information content (AvgIpc) is 3.18. The van der Waals surface area contributed by atoms with E-state index in [2.05, 4.69) is 0 Å². The smallest absolute Gasteiger partial charge is 0.309 e. The van der Waals surface area contributed by atoms with Gasteiger partial charge in [-0.15, -0.1) is 0 Å². The van der Waals surface area contributed by atoms with E-state index in [9.17, 15) is 9.90 Å². The summed E-state index contributed by atoms with van der Waals surface area (Å²) < 4.78 is 22.1. The van der Waals surface area contributed by atoms with Crippen LogP contribution in [0.5, 0.6) is 23.0 Å². The van der Waals surface area contributed by atoms with Gasteiger partial charge in [0.2, 0.25) is 0 Å². The molecule has 0 aromatic heterocycles. The minimum atomic E-state index is -0.268. The summed E-state index contributed by atoms with van der Waals surface area (Å²) in [5.74, 6) is 1.38. The fraction of sp³-hybridized carbons (Fsp3) is 0.296. The van der Waals surface area contributed by atoms with Gasteiger partial charge in [-0.1, -0.05) is 42.5 Å². The molecule has 1 aliphatic rings. The van der Waals surface area contributed by atoms with Crippen LogP contribution in [0.25, 0.3) is 0 Å². The Balaban J connectivity index is 1.48. The summed E-state index contributed by atoms with van der Waals surface area (Å²) in [5.41, 5.74) is 3.04. The quantitative estimate of drug-likeness (QED) is 0.484. The SMILES string of the molecule is COc1cc(CC2C(=O)OCC2Cc2ccc(OC)c(OCc3ccccc3)c2)ccc1O. The largest absolute Gasteiger partial charge is 0.504 e. The molecular formula is C27H28O6. The number of hydrogen-bond donors (Lipinski definition) is 1. The van der Waals surface area contributed by atoms with Gasteiger partial charge >= 0.3 is 5.97 Å². The van der Waals surface area contributed by atoms with E-state index >= 15 is 0 Å². The van der Waals surface area contributed by atoms with Crippen LogP contribution in [0.3, 0.4) is 0 Å². The van der Waals surface area contributed by atoms with Crippen LogP contribution in [0.2, 0.25) is 0 Å². The number of aromatic hydroxyl groups is 1. The van der Waals surface area contributed by atoms with Crippen LogP contribution in [0.4, 0.5) is 0 Å². The van der Waals surface area contributed by atoms with Gasteiger partial charge in [0.15, 0.2) is 23.0 Å². The van der Waals surface area contributed by atoms with Gasteiger partial charge in [-0.05, 0) is 53.8 Å². The number of benzene rings is 3. The van der Waals surface area contributed by atoms with Crippen molar-refractivity contribution in [2.75, 3.05) is 20.8 Å².